The van der Waals surface area contributed by atoms with Crippen molar-refractivity contribution in [3.8, 4) is 0 Å². The molecule has 0 aliphatic rings. The first-order chi connectivity index (χ1) is 10.8. The Morgan fingerprint density at radius 2 is 2.09 bits per heavy atom. The predicted octanol–water partition coefficient (Wildman–Crippen LogP) is 5.69. The first-order valence-electron chi connectivity index (χ1n) is 6.73. The van der Waals surface area contributed by atoms with Crippen molar-refractivity contribution >= 4 is 28.7 Å². The summed E-state index contributed by atoms with van der Waals surface area (Å²) >= 11 is 2.97. The molecule has 0 aliphatic carbocycles. The Labute approximate surface area is 141 Å². The van der Waals surface area contributed by atoms with E-state index in [4.69, 9.17) is 0 Å². The molecule has 0 aliphatic heterocycles. The number of aryl methyl sites for hydroxylation is 1. The number of hydrogen-bond donors (Lipinski definition) is 0. The van der Waals surface area contributed by atoms with Gasteiger partial charge in [-0.3, -0.25) is 0 Å². The zero-order chi connectivity index (χ0) is 17.0. The number of allylic oxidation sites excluding steroid dienone is 1. The van der Waals surface area contributed by atoms with Crippen LogP contribution >= 0.6 is 23.1 Å². The van der Waals surface area contributed by atoms with Crippen molar-refractivity contribution in [2.24, 2.45) is 0 Å². The van der Waals surface area contributed by atoms with Crippen LogP contribution in [0.2, 0.25) is 0 Å². The van der Waals surface area contributed by atoms with E-state index in [1.807, 2.05) is 17.7 Å². The molecule has 0 radical (unpaired) electrons. The van der Waals surface area contributed by atoms with E-state index in [9.17, 15) is 13.2 Å². The van der Waals surface area contributed by atoms with Crippen LogP contribution in [0.15, 0.2) is 34.9 Å². The molecule has 0 unspecified atom stereocenters. The van der Waals surface area contributed by atoms with Crippen molar-refractivity contribution in [3.05, 3.63) is 62.6 Å². The smallest absolute Gasteiger partial charge is 0.248 e. The molecule has 122 valence electrons. The molecule has 0 aromatic carbocycles. The lowest BCUT2D eigenvalue weighted by atomic mass is 10.1. The van der Waals surface area contributed by atoms with Crippen molar-refractivity contribution in [3.63, 3.8) is 0 Å². The van der Waals surface area contributed by atoms with Crippen molar-refractivity contribution in [2.45, 2.75) is 26.4 Å². The van der Waals surface area contributed by atoms with Crippen LogP contribution in [0.25, 0.3) is 5.57 Å². The quantitative estimate of drug-likeness (QED) is 0.688. The van der Waals surface area contributed by atoms with E-state index in [1.54, 1.807) is 12.3 Å². The van der Waals surface area contributed by atoms with E-state index in [0.29, 0.717) is 12.1 Å². The molecule has 0 fully saturated rings. The number of thiazole rings is 1. The number of aromatic nitrogens is 2. The van der Waals surface area contributed by atoms with Crippen LogP contribution < -0.4 is 0 Å². The van der Waals surface area contributed by atoms with Crippen LogP contribution in [0.3, 0.4) is 0 Å². The molecule has 0 saturated carbocycles. The van der Waals surface area contributed by atoms with Crippen LogP contribution in [-0.2, 0) is 12.6 Å². The average molecular weight is 356 g/mol. The third kappa shape index (κ3) is 4.68. The third-order valence-electron chi connectivity index (χ3n) is 3.12. The van der Waals surface area contributed by atoms with Gasteiger partial charge in [0.05, 0.1) is 10.7 Å². The minimum atomic E-state index is -4.41. The molecule has 2 rings (SSSR count). The van der Waals surface area contributed by atoms with Crippen LogP contribution in [0.1, 0.15) is 34.6 Å². The first-order valence-corrected chi connectivity index (χ1v) is 8.55. The highest BCUT2D eigenvalue weighted by atomic mass is 32.2. The maximum atomic E-state index is 12.6. The zero-order valence-electron chi connectivity index (χ0n) is 12.6. The summed E-state index contributed by atoms with van der Waals surface area (Å²) < 4.78 is 37.9. The Morgan fingerprint density at radius 3 is 2.70 bits per heavy atom. The maximum absolute atomic E-state index is 12.6. The molecule has 0 spiro atoms. The Kier molecular flexibility index (Phi) is 5.64. The summed E-state index contributed by atoms with van der Waals surface area (Å²) in [6, 6.07) is 2.49. The lowest BCUT2D eigenvalue weighted by Gasteiger charge is -2.09. The second kappa shape index (κ2) is 7.31. The summed E-state index contributed by atoms with van der Waals surface area (Å²) in [7, 11) is 0. The molecular weight excluding hydrogens is 341 g/mol. The Morgan fingerprint density at radius 1 is 1.35 bits per heavy atom. The van der Waals surface area contributed by atoms with Crippen LogP contribution in [0.5, 0.6) is 0 Å². The minimum absolute atomic E-state index is 0.381. The molecule has 0 atom stereocenters. The number of thioether (sulfide) groups is 1. The van der Waals surface area contributed by atoms with E-state index in [2.05, 4.69) is 16.5 Å². The summed E-state index contributed by atoms with van der Waals surface area (Å²) in [6.07, 6.45) is -3.94. The molecule has 0 amide bonds. The third-order valence-corrected chi connectivity index (χ3v) is 4.66. The normalized spacial score (nSPS) is 12.5. The highest BCUT2D eigenvalue weighted by Gasteiger charge is 2.32. The van der Waals surface area contributed by atoms with E-state index in [-0.39, 0.29) is 0 Å². The molecule has 0 N–H and O–H groups in total. The number of pyridine rings is 1. The van der Waals surface area contributed by atoms with Crippen LogP contribution in [-0.4, -0.2) is 9.97 Å². The van der Waals surface area contributed by atoms with Gasteiger partial charge < -0.3 is 0 Å². The van der Waals surface area contributed by atoms with E-state index in [0.717, 1.165) is 27.9 Å². The SMILES string of the molecule is C=CS/C=C(\C)c1csc(Cc2ccc(C(F)(F)F)nc2C)n1. The molecule has 23 heavy (non-hydrogen) atoms. The second-order valence-corrected chi connectivity index (χ2v) is 6.63. The Bertz CT molecular complexity index is 733. The number of nitrogens with zero attached hydrogens (tertiary/aromatic N) is 2. The second-order valence-electron chi connectivity index (χ2n) is 4.85. The summed E-state index contributed by atoms with van der Waals surface area (Å²) in [5, 5.41) is 6.48. The van der Waals surface area contributed by atoms with E-state index < -0.39 is 11.9 Å². The Balaban J connectivity index is 2.17. The van der Waals surface area contributed by atoms with Crippen molar-refractivity contribution < 1.29 is 13.2 Å². The van der Waals surface area contributed by atoms with Gasteiger partial charge in [-0.25, -0.2) is 9.97 Å². The summed E-state index contributed by atoms with van der Waals surface area (Å²) in [5.74, 6) is 0. The fourth-order valence-electron chi connectivity index (χ4n) is 1.88. The zero-order valence-corrected chi connectivity index (χ0v) is 14.3. The van der Waals surface area contributed by atoms with Gasteiger partial charge in [0.2, 0.25) is 0 Å². The van der Waals surface area contributed by atoms with Gasteiger partial charge >= 0.3 is 6.18 Å². The van der Waals surface area contributed by atoms with Gasteiger partial charge in [0.1, 0.15) is 5.69 Å². The van der Waals surface area contributed by atoms with Gasteiger partial charge in [-0.1, -0.05) is 12.6 Å². The van der Waals surface area contributed by atoms with Gasteiger partial charge in [0.15, 0.2) is 0 Å². The topological polar surface area (TPSA) is 25.8 Å². The van der Waals surface area contributed by atoms with Crippen molar-refractivity contribution in [1.82, 2.24) is 9.97 Å². The van der Waals surface area contributed by atoms with Gasteiger partial charge in [-0.15, -0.1) is 23.1 Å². The number of alkyl halides is 3. The maximum Gasteiger partial charge on any atom is 0.433 e. The lowest BCUT2D eigenvalue weighted by molar-refractivity contribution is -0.141. The highest BCUT2D eigenvalue weighted by molar-refractivity contribution is 8.05. The van der Waals surface area contributed by atoms with Gasteiger partial charge in [-0.05, 0) is 41.9 Å². The minimum Gasteiger partial charge on any atom is -0.248 e. The average Bonchev–Trinajstić information content (AvgIpc) is 2.94. The fourth-order valence-corrected chi connectivity index (χ4v) is 3.18. The molecular formula is C16H15F3N2S2. The molecule has 0 saturated heterocycles. The Hall–Kier alpha value is -1.60. The summed E-state index contributed by atoms with van der Waals surface area (Å²) in [6.45, 7) is 7.18. The van der Waals surface area contributed by atoms with E-state index in [1.165, 1.54) is 29.2 Å². The molecule has 2 aromatic heterocycles. The van der Waals surface area contributed by atoms with Gasteiger partial charge in [0.25, 0.3) is 0 Å². The summed E-state index contributed by atoms with van der Waals surface area (Å²) in [5.41, 5.74) is 2.17. The van der Waals surface area contributed by atoms with Gasteiger partial charge in [0, 0.05) is 17.5 Å². The standard InChI is InChI=1S/C16H15F3N2S2/c1-4-22-8-10(2)13-9-23-15(21-13)7-12-5-6-14(16(17,18)19)20-11(12)3/h4-6,8-9H,1,7H2,2-3H3/b10-8+. The molecule has 2 nitrogen and oxygen atoms in total. The van der Waals surface area contributed by atoms with Gasteiger partial charge in [-0.2, -0.15) is 13.2 Å². The number of halogens is 3. The molecule has 2 heterocycles. The van der Waals surface area contributed by atoms with Crippen LogP contribution in [0, 0.1) is 6.92 Å². The molecule has 2 aromatic rings. The van der Waals surface area contributed by atoms with E-state index >= 15 is 0 Å². The monoisotopic (exact) mass is 356 g/mol. The largest absolute Gasteiger partial charge is 0.433 e. The van der Waals surface area contributed by atoms with Crippen molar-refractivity contribution in [2.75, 3.05) is 0 Å². The molecule has 0 bridgehead atoms. The predicted molar refractivity (Wildman–Crippen MR) is 90.3 cm³/mol. The first kappa shape index (κ1) is 17.7. The van der Waals surface area contributed by atoms with Crippen molar-refractivity contribution in [1.29, 1.82) is 0 Å². The summed E-state index contributed by atoms with van der Waals surface area (Å²) in [4.78, 5) is 8.17. The van der Waals surface area contributed by atoms with Crippen LogP contribution in [0.4, 0.5) is 13.2 Å². The number of hydrogen-bond acceptors (Lipinski definition) is 4. The highest BCUT2D eigenvalue weighted by Crippen LogP contribution is 2.29. The molecule has 7 heteroatoms. The fraction of sp³-hybridized carbons (Fsp3) is 0.250. The number of rotatable bonds is 5. The lowest BCUT2D eigenvalue weighted by Crippen LogP contribution is -2.09.